The van der Waals surface area contributed by atoms with Gasteiger partial charge in [0.1, 0.15) is 5.75 Å². The van der Waals surface area contributed by atoms with Crippen LogP contribution in [0.25, 0.3) is 0 Å². The van der Waals surface area contributed by atoms with Gasteiger partial charge in [-0.3, -0.25) is 4.57 Å². The largest absolute Gasteiger partial charge is 0.489 e. The van der Waals surface area contributed by atoms with Crippen molar-refractivity contribution in [1.82, 2.24) is 9.55 Å². The normalized spacial score (nSPS) is 14.9. The van der Waals surface area contributed by atoms with Crippen LogP contribution in [-0.2, 0) is 7.05 Å². The number of halogens is 1. The van der Waals surface area contributed by atoms with Gasteiger partial charge in [0, 0.05) is 12.7 Å². The number of ether oxygens (including phenoxy) is 1. The van der Waals surface area contributed by atoms with E-state index in [4.69, 9.17) is 16.3 Å². The first-order valence-corrected chi connectivity index (χ1v) is 7.81. The lowest BCUT2D eigenvalue weighted by Gasteiger charge is -2.15. The molecule has 8 heteroatoms. The Balaban J connectivity index is 1.78. The maximum absolute atomic E-state index is 11.0. The average Bonchev–Trinajstić information content (AvgIpc) is 3.13. The van der Waals surface area contributed by atoms with E-state index in [0.717, 1.165) is 12.8 Å². The fourth-order valence-electron chi connectivity index (χ4n) is 2.69. The number of aryl methyl sites for hydroxylation is 1. The van der Waals surface area contributed by atoms with Gasteiger partial charge in [-0.05, 0) is 53.8 Å². The van der Waals surface area contributed by atoms with Crippen LogP contribution in [0, 0.1) is 10.1 Å². The van der Waals surface area contributed by atoms with Crippen molar-refractivity contribution in [2.75, 3.05) is 5.32 Å². The third-order valence-electron chi connectivity index (χ3n) is 3.88. The average molecular weight is 337 g/mol. The van der Waals surface area contributed by atoms with Crippen LogP contribution in [-0.4, -0.2) is 20.6 Å². The van der Waals surface area contributed by atoms with E-state index in [2.05, 4.69) is 10.3 Å². The molecule has 1 N–H and O–H groups in total. The van der Waals surface area contributed by atoms with Gasteiger partial charge in [0.05, 0.1) is 11.1 Å². The molecule has 0 aliphatic heterocycles. The summed E-state index contributed by atoms with van der Waals surface area (Å²) in [7, 11) is 1.68. The third kappa shape index (κ3) is 3.39. The molecule has 0 spiro atoms. The number of rotatable bonds is 5. The number of anilines is 2. The second-order valence-corrected chi connectivity index (χ2v) is 5.99. The number of nitrogens with zero attached hydrogens (tertiary/aromatic N) is 3. The lowest BCUT2D eigenvalue weighted by molar-refractivity contribution is -0.388. The van der Waals surface area contributed by atoms with Crippen LogP contribution in [0.3, 0.4) is 0 Å². The molecule has 3 rings (SSSR count). The lowest BCUT2D eigenvalue weighted by Crippen LogP contribution is -2.11. The molecule has 1 saturated carbocycles. The van der Waals surface area contributed by atoms with E-state index < -0.39 is 4.92 Å². The molecule has 1 fully saturated rings. The van der Waals surface area contributed by atoms with Crippen molar-refractivity contribution in [3.8, 4) is 5.75 Å². The van der Waals surface area contributed by atoms with Gasteiger partial charge in [0.2, 0.25) is 12.1 Å². The molecule has 1 aliphatic carbocycles. The molecule has 0 radical (unpaired) electrons. The molecular weight excluding hydrogens is 320 g/mol. The molecule has 1 aromatic carbocycles. The highest BCUT2D eigenvalue weighted by molar-refractivity contribution is 6.32. The molecule has 0 bridgehead atoms. The van der Waals surface area contributed by atoms with Crippen molar-refractivity contribution in [2.45, 2.75) is 31.8 Å². The van der Waals surface area contributed by atoms with E-state index in [0.29, 0.717) is 22.3 Å². The van der Waals surface area contributed by atoms with Crippen LogP contribution in [0.2, 0.25) is 5.02 Å². The minimum absolute atomic E-state index is 0.226. The van der Waals surface area contributed by atoms with E-state index in [9.17, 15) is 10.1 Å². The zero-order valence-corrected chi connectivity index (χ0v) is 13.4. The summed E-state index contributed by atoms with van der Waals surface area (Å²) in [5, 5.41) is 14.4. The summed E-state index contributed by atoms with van der Waals surface area (Å²) in [6, 6.07) is 5.26. The maximum Gasteiger partial charge on any atom is 0.406 e. The topological polar surface area (TPSA) is 82.2 Å². The maximum atomic E-state index is 11.0. The SMILES string of the molecule is Cn1cnc([N+](=O)[O-])c1Nc1ccc(OC2CCCC2)c(Cl)c1. The van der Waals surface area contributed by atoms with Crippen molar-refractivity contribution >= 4 is 28.9 Å². The van der Waals surface area contributed by atoms with Crippen LogP contribution in [0.15, 0.2) is 24.5 Å². The minimum Gasteiger partial charge on any atom is -0.489 e. The van der Waals surface area contributed by atoms with Crippen LogP contribution in [0.4, 0.5) is 17.3 Å². The van der Waals surface area contributed by atoms with E-state index in [-0.39, 0.29) is 11.9 Å². The summed E-state index contributed by atoms with van der Waals surface area (Å²) < 4.78 is 7.45. The first-order chi connectivity index (χ1) is 11.0. The monoisotopic (exact) mass is 336 g/mol. The van der Waals surface area contributed by atoms with Crippen molar-refractivity contribution in [1.29, 1.82) is 0 Å². The van der Waals surface area contributed by atoms with Gasteiger partial charge in [-0.2, -0.15) is 0 Å². The van der Waals surface area contributed by atoms with Gasteiger partial charge in [0.15, 0.2) is 0 Å². The smallest absolute Gasteiger partial charge is 0.406 e. The van der Waals surface area contributed by atoms with E-state index in [1.807, 2.05) is 0 Å². The number of aromatic nitrogens is 2. The fourth-order valence-corrected chi connectivity index (χ4v) is 2.92. The van der Waals surface area contributed by atoms with E-state index in [1.165, 1.54) is 19.2 Å². The molecule has 0 saturated heterocycles. The minimum atomic E-state index is -0.526. The van der Waals surface area contributed by atoms with E-state index in [1.54, 1.807) is 29.8 Å². The molecule has 7 nitrogen and oxygen atoms in total. The molecule has 1 aliphatic rings. The molecule has 0 amide bonds. The van der Waals surface area contributed by atoms with E-state index >= 15 is 0 Å². The third-order valence-corrected chi connectivity index (χ3v) is 4.18. The number of nitro groups is 1. The summed E-state index contributed by atoms with van der Waals surface area (Å²) in [6.07, 6.45) is 6.09. The molecule has 0 atom stereocenters. The second-order valence-electron chi connectivity index (χ2n) is 5.58. The Morgan fingerprint density at radius 1 is 1.43 bits per heavy atom. The summed E-state index contributed by atoms with van der Waals surface area (Å²) >= 11 is 6.27. The summed E-state index contributed by atoms with van der Waals surface area (Å²) in [5.41, 5.74) is 0.639. The Morgan fingerprint density at radius 3 is 2.83 bits per heavy atom. The Morgan fingerprint density at radius 2 is 2.17 bits per heavy atom. The highest BCUT2D eigenvalue weighted by Crippen LogP contribution is 2.33. The van der Waals surface area contributed by atoms with Gasteiger partial charge in [0.25, 0.3) is 0 Å². The molecule has 1 heterocycles. The molecular formula is C15H17ClN4O3. The van der Waals surface area contributed by atoms with Gasteiger partial charge >= 0.3 is 5.82 Å². The fraction of sp³-hybridized carbons (Fsp3) is 0.400. The van der Waals surface area contributed by atoms with Gasteiger partial charge in [-0.15, -0.1) is 0 Å². The predicted octanol–water partition coefficient (Wildman–Crippen LogP) is 4.05. The first-order valence-electron chi connectivity index (χ1n) is 7.43. The summed E-state index contributed by atoms with van der Waals surface area (Å²) in [4.78, 5) is 14.2. The summed E-state index contributed by atoms with van der Waals surface area (Å²) in [5.74, 6) is 0.717. The molecule has 1 aromatic heterocycles. The highest BCUT2D eigenvalue weighted by Gasteiger charge is 2.21. The highest BCUT2D eigenvalue weighted by atomic mass is 35.5. The predicted molar refractivity (Wildman–Crippen MR) is 87.5 cm³/mol. The molecule has 2 aromatic rings. The van der Waals surface area contributed by atoms with Crippen molar-refractivity contribution in [3.05, 3.63) is 39.7 Å². The van der Waals surface area contributed by atoms with Crippen LogP contribution in [0.1, 0.15) is 25.7 Å². The Hall–Kier alpha value is -2.28. The molecule has 23 heavy (non-hydrogen) atoms. The zero-order chi connectivity index (χ0) is 16.4. The quantitative estimate of drug-likeness (QED) is 0.658. The van der Waals surface area contributed by atoms with Gasteiger partial charge in [-0.25, -0.2) is 0 Å². The van der Waals surface area contributed by atoms with Crippen molar-refractivity contribution in [2.24, 2.45) is 7.05 Å². The van der Waals surface area contributed by atoms with Crippen molar-refractivity contribution < 1.29 is 9.66 Å². The number of nitrogens with one attached hydrogen (secondary N) is 1. The molecule has 0 unspecified atom stereocenters. The van der Waals surface area contributed by atoms with Crippen LogP contribution in [0.5, 0.6) is 5.75 Å². The summed E-state index contributed by atoms with van der Waals surface area (Å²) in [6.45, 7) is 0. The number of imidazole rings is 1. The van der Waals surface area contributed by atoms with Gasteiger partial charge < -0.3 is 20.2 Å². The van der Waals surface area contributed by atoms with Gasteiger partial charge in [-0.1, -0.05) is 11.6 Å². The lowest BCUT2D eigenvalue weighted by atomic mass is 10.2. The standard InChI is InChI=1S/C15H17ClN4O3/c1-19-9-17-14(20(21)22)15(19)18-10-6-7-13(12(16)8-10)23-11-4-2-3-5-11/h6-9,11,18H,2-5H2,1H3. The van der Waals surface area contributed by atoms with Crippen LogP contribution >= 0.6 is 11.6 Å². The molecule has 122 valence electrons. The Kier molecular flexibility index (Phi) is 4.38. The second kappa shape index (κ2) is 6.45. The Bertz CT molecular complexity index is 726. The number of hydrogen-bond acceptors (Lipinski definition) is 5. The van der Waals surface area contributed by atoms with Crippen molar-refractivity contribution in [3.63, 3.8) is 0 Å². The number of hydrogen-bond donors (Lipinski definition) is 1. The first kappa shape index (κ1) is 15.6. The van der Waals surface area contributed by atoms with Crippen LogP contribution < -0.4 is 10.1 Å². The Labute approximate surface area is 138 Å². The zero-order valence-electron chi connectivity index (χ0n) is 12.7. The number of benzene rings is 1.